The molecule has 0 bridgehead atoms. The quantitative estimate of drug-likeness (QED) is 0.845. The molecule has 0 spiro atoms. The number of rotatable bonds is 2. The molecule has 100 valence electrons. The fourth-order valence-corrected chi connectivity index (χ4v) is 2.30. The molecule has 0 aromatic heterocycles. The minimum atomic E-state index is -1.12. The Bertz CT molecular complexity index is 420. The molecule has 1 aromatic rings. The molecule has 1 aliphatic rings. The van der Waals surface area contributed by atoms with Gasteiger partial charge in [0, 0.05) is 13.1 Å². The molecule has 2 rings (SSSR count). The summed E-state index contributed by atoms with van der Waals surface area (Å²) in [5.74, 6) is -1.16. The van der Waals surface area contributed by atoms with Crippen LogP contribution in [0.2, 0.25) is 0 Å². The summed E-state index contributed by atoms with van der Waals surface area (Å²) in [4.78, 5) is 1.58. The molecule has 0 amide bonds. The van der Waals surface area contributed by atoms with E-state index in [1.54, 1.807) is 11.8 Å². The zero-order valence-electron chi connectivity index (χ0n) is 10.3. The van der Waals surface area contributed by atoms with Gasteiger partial charge >= 0.3 is 0 Å². The first-order chi connectivity index (χ1) is 8.45. The summed E-state index contributed by atoms with van der Waals surface area (Å²) in [6.45, 7) is 1.97. The zero-order chi connectivity index (χ0) is 13.3. The normalized spacial score (nSPS) is 19.1. The maximum absolute atomic E-state index is 13.8. The van der Waals surface area contributed by atoms with Crippen LogP contribution < -0.4 is 4.90 Å². The van der Waals surface area contributed by atoms with Crippen LogP contribution >= 0.6 is 0 Å². The summed E-state index contributed by atoms with van der Waals surface area (Å²) in [6.07, 6.45) is 0.604. The Balaban J connectivity index is 2.20. The Kier molecular flexibility index (Phi) is 3.54. The molecule has 5 heteroatoms. The van der Waals surface area contributed by atoms with Crippen molar-refractivity contribution in [1.29, 1.82) is 0 Å². The predicted molar refractivity (Wildman–Crippen MR) is 64.6 cm³/mol. The molecule has 1 aliphatic heterocycles. The van der Waals surface area contributed by atoms with E-state index in [0.29, 0.717) is 31.5 Å². The number of aryl methyl sites for hydroxylation is 1. The summed E-state index contributed by atoms with van der Waals surface area (Å²) in [7, 11) is 0. The van der Waals surface area contributed by atoms with Gasteiger partial charge in [0.2, 0.25) is 0 Å². The second-order valence-corrected chi connectivity index (χ2v) is 4.95. The molecule has 3 nitrogen and oxygen atoms in total. The van der Waals surface area contributed by atoms with Gasteiger partial charge in [-0.1, -0.05) is 0 Å². The van der Waals surface area contributed by atoms with Gasteiger partial charge in [-0.05, 0) is 37.5 Å². The van der Waals surface area contributed by atoms with Gasteiger partial charge in [-0.2, -0.15) is 0 Å². The molecule has 0 radical (unpaired) electrons. The third-order valence-electron chi connectivity index (χ3n) is 3.47. The maximum Gasteiger partial charge on any atom is 0.149 e. The van der Waals surface area contributed by atoms with Gasteiger partial charge in [0.05, 0.1) is 12.2 Å². The summed E-state index contributed by atoms with van der Waals surface area (Å²) in [5.41, 5.74) is -0.619. The lowest BCUT2D eigenvalue weighted by Crippen LogP contribution is -2.47. The van der Waals surface area contributed by atoms with E-state index in [4.69, 9.17) is 5.11 Å². The average molecular weight is 257 g/mol. The maximum atomic E-state index is 13.8. The van der Waals surface area contributed by atoms with E-state index >= 15 is 0 Å². The Morgan fingerprint density at radius 3 is 2.17 bits per heavy atom. The number of aliphatic hydroxyl groups is 2. The second kappa shape index (κ2) is 4.82. The van der Waals surface area contributed by atoms with Crippen molar-refractivity contribution < 1.29 is 19.0 Å². The minimum Gasteiger partial charge on any atom is -0.393 e. The molecule has 0 atom stereocenters. The Labute approximate surface area is 105 Å². The molecule has 0 aliphatic carbocycles. The number of hydrogen-bond acceptors (Lipinski definition) is 3. The van der Waals surface area contributed by atoms with Crippen LogP contribution in [0.25, 0.3) is 0 Å². The number of benzene rings is 1. The summed E-state index contributed by atoms with van der Waals surface area (Å²) in [5, 5.41) is 18.9. The standard InChI is InChI=1S/C13H17F2NO2/c1-9-6-10(14)12(11(15)7-9)16-4-2-13(18,8-17)3-5-16/h6-7,17-18H,2-5,8H2,1H3. The van der Waals surface area contributed by atoms with Crippen molar-refractivity contribution >= 4 is 5.69 Å². The topological polar surface area (TPSA) is 43.7 Å². The van der Waals surface area contributed by atoms with E-state index in [0.717, 1.165) is 0 Å². The van der Waals surface area contributed by atoms with E-state index in [2.05, 4.69) is 0 Å². The number of hydrogen-bond donors (Lipinski definition) is 2. The third kappa shape index (κ3) is 2.47. The van der Waals surface area contributed by atoms with Crippen LogP contribution in [-0.2, 0) is 0 Å². The van der Waals surface area contributed by atoms with Crippen LogP contribution in [0.4, 0.5) is 14.5 Å². The summed E-state index contributed by atoms with van der Waals surface area (Å²) < 4.78 is 27.6. The van der Waals surface area contributed by atoms with Crippen LogP contribution in [0, 0.1) is 18.6 Å². The van der Waals surface area contributed by atoms with Crippen LogP contribution in [0.3, 0.4) is 0 Å². The van der Waals surface area contributed by atoms with Gasteiger partial charge in [0.1, 0.15) is 17.3 Å². The molecule has 1 heterocycles. The lowest BCUT2D eigenvalue weighted by Gasteiger charge is -2.38. The monoisotopic (exact) mass is 257 g/mol. The fourth-order valence-electron chi connectivity index (χ4n) is 2.30. The minimum absolute atomic E-state index is 0.0411. The van der Waals surface area contributed by atoms with Gasteiger partial charge in [-0.15, -0.1) is 0 Å². The molecule has 1 saturated heterocycles. The van der Waals surface area contributed by atoms with Crippen molar-refractivity contribution in [2.75, 3.05) is 24.6 Å². The Hall–Kier alpha value is -1.20. The molecular weight excluding hydrogens is 240 g/mol. The highest BCUT2D eigenvalue weighted by atomic mass is 19.1. The smallest absolute Gasteiger partial charge is 0.149 e. The molecule has 1 aromatic carbocycles. The van der Waals surface area contributed by atoms with Crippen molar-refractivity contribution in [2.45, 2.75) is 25.4 Å². The second-order valence-electron chi connectivity index (χ2n) is 4.95. The number of anilines is 1. The highest BCUT2D eigenvalue weighted by molar-refractivity contribution is 5.51. The number of piperidine rings is 1. The number of aliphatic hydroxyl groups excluding tert-OH is 1. The average Bonchev–Trinajstić information content (AvgIpc) is 2.30. The highest BCUT2D eigenvalue weighted by Crippen LogP contribution is 2.30. The largest absolute Gasteiger partial charge is 0.393 e. The first kappa shape index (κ1) is 13.2. The lowest BCUT2D eigenvalue weighted by atomic mass is 9.92. The fraction of sp³-hybridized carbons (Fsp3) is 0.538. The zero-order valence-corrected chi connectivity index (χ0v) is 10.3. The van der Waals surface area contributed by atoms with Crippen LogP contribution in [0.5, 0.6) is 0 Å². The van der Waals surface area contributed by atoms with Gasteiger partial charge < -0.3 is 15.1 Å². The lowest BCUT2D eigenvalue weighted by molar-refractivity contribution is -0.0327. The molecule has 18 heavy (non-hydrogen) atoms. The third-order valence-corrected chi connectivity index (χ3v) is 3.47. The van der Waals surface area contributed by atoms with Crippen molar-refractivity contribution in [3.8, 4) is 0 Å². The first-order valence-corrected chi connectivity index (χ1v) is 5.99. The first-order valence-electron chi connectivity index (χ1n) is 5.99. The van der Waals surface area contributed by atoms with E-state index in [1.165, 1.54) is 12.1 Å². The SMILES string of the molecule is Cc1cc(F)c(N2CCC(O)(CO)CC2)c(F)c1. The predicted octanol–water partition coefficient (Wildman–Crippen LogP) is 1.60. The van der Waals surface area contributed by atoms with Crippen LogP contribution in [-0.4, -0.2) is 35.5 Å². The van der Waals surface area contributed by atoms with E-state index < -0.39 is 17.2 Å². The van der Waals surface area contributed by atoms with Crippen molar-refractivity contribution in [1.82, 2.24) is 0 Å². The molecule has 1 fully saturated rings. The van der Waals surface area contributed by atoms with Crippen molar-refractivity contribution in [3.05, 3.63) is 29.3 Å². The number of halogens is 2. The highest BCUT2D eigenvalue weighted by Gasteiger charge is 2.33. The molecule has 0 unspecified atom stereocenters. The van der Waals surface area contributed by atoms with E-state index in [-0.39, 0.29) is 12.3 Å². The molecule has 2 N–H and O–H groups in total. The molecule has 0 saturated carbocycles. The van der Waals surface area contributed by atoms with Crippen molar-refractivity contribution in [3.63, 3.8) is 0 Å². The van der Waals surface area contributed by atoms with Crippen molar-refractivity contribution in [2.24, 2.45) is 0 Å². The van der Waals surface area contributed by atoms with E-state index in [9.17, 15) is 13.9 Å². The van der Waals surface area contributed by atoms with E-state index in [1.807, 2.05) is 0 Å². The molecular formula is C13H17F2NO2. The van der Waals surface area contributed by atoms with Crippen LogP contribution in [0.15, 0.2) is 12.1 Å². The van der Waals surface area contributed by atoms with Gasteiger partial charge in [0.25, 0.3) is 0 Å². The Morgan fingerprint density at radius 1 is 1.22 bits per heavy atom. The summed E-state index contributed by atoms with van der Waals surface area (Å²) >= 11 is 0. The Morgan fingerprint density at radius 2 is 1.72 bits per heavy atom. The summed E-state index contributed by atoms with van der Waals surface area (Å²) in [6, 6.07) is 2.59. The van der Waals surface area contributed by atoms with Crippen LogP contribution in [0.1, 0.15) is 18.4 Å². The van der Waals surface area contributed by atoms with Gasteiger partial charge in [-0.25, -0.2) is 8.78 Å². The van der Waals surface area contributed by atoms with Gasteiger partial charge in [0.15, 0.2) is 0 Å². The number of nitrogens with zero attached hydrogens (tertiary/aromatic N) is 1. The van der Waals surface area contributed by atoms with Gasteiger partial charge in [-0.3, -0.25) is 0 Å².